The predicted molar refractivity (Wildman–Crippen MR) is 257 cm³/mol. The summed E-state index contributed by atoms with van der Waals surface area (Å²) in [6.07, 6.45) is 53.7. The second-order valence-electron chi connectivity index (χ2n) is 18.5. The van der Waals surface area contributed by atoms with Crippen LogP contribution in [0.15, 0.2) is 0 Å². The highest BCUT2D eigenvalue weighted by Crippen LogP contribution is 2.17. The maximum atomic E-state index is 12.8. The average molecular weight is 849 g/mol. The van der Waals surface area contributed by atoms with Crippen molar-refractivity contribution < 1.29 is 28.6 Å². The molecule has 0 amide bonds. The Morgan fingerprint density at radius 3 is 0.667 bits per heavy atom. The first-order valence-electron chi connectivity index (χ1n) is 27.0. The minimum Gasteiger partial charge on any atom is -0.462 e. The fourth-order valence-corrected chi connectivity index (χ4v) is 8.27. The Hall–Kier alpha value is -1.59. The molecule has 0 radical (unpaired) electrons. The lowest BCUT2D eigenvalue weighted by Crippen LogP contribution is -2.30. The zero-order chi connectivity index (χ0) is 43.7. The molecule has 0 rings (SSSR count). The van der Waals surface area contributed by atoms with E-state index in [1.165, 1.54) is 212 Å². The van der Waals surface area contributed by atoms with Crippen LogP contribution in [0.4, 0.5) is 0 Å². The third-order valence-electron chi connectivity index (χ3n) is 12.4. The molecule has 356 valence electrons. The molecule has 0 aliphatic rings. The van der Waals surface area contributed by atoms with Gasteiger partial charge in [0.1, 0.15) is 13.2 Å². The van der Waals surface area contributed by atoms with Crippen LogP contribution < -0.4 is 0 Å². The Bertz CT molecular complexity index is 889. The van der Waals surface area contributed by atoms with Gasteiger partial charge in [0.05, 0.1) is 0 Å². The van der Waals surface area contributed by atoms with Gasteiger partial charge in [-0.2, -0.15) is 0 Å². The van der Waals surface area contributed by atoms with Crippen LogP contribution in [0.25, 0.3) is 0 Å². The van der Waals surface area contributed by atoms with E-state index in [0.717, 1.165) is 57.8 Å². The Morgan fingerprint density at radius 2 is 0.450 bits per heavy atom. The van der Waals surface area contributed by atoms with Crippen molar-refractivity contribution >= 4 is 17.9 Å². The van der Waals surface area contributed by atoms with Crippen LogP contribution in [-0.2, 0) is 28.6 Å². The molecular formula is C54H104O6. The molecule has 6 heteroatoms. The largest absolute Gasteiger partial charge is 0.462 e. The second-order valence-corrected chi connectivity index (χ2v) is 18.5. The molecule has 0 bridgehead atoms. The predicted octanol–water partition coefficient (Wildman–Crippen LogP) is 17.6. The van der Waals surface area contributed by atoms with E-state index < -0.39 is 6.10 Å². The number of hydrogen-bond donors (Lipinski definition) is 0. The molecule has 0 saturated heterocycles. The zero-order valence-corrected chi connectivity index (χ0v) is 40.8. The summed E-state index contributed by atoms with van der Waals surface area (Å²) in [6.45, 7) is 6.69. The van der Waals surface area contributed by atoms with E-state index in [-0.39, 0.29) is 31.1 Å². The van der Waals surface area contributed by atoms with Gasteiger partial charge in [-0.1, -0.05) is 271 Å². The van der Waals surface area contributed by atoms with Gasteiger partial charge in [-0.05, 0) is 19.3 Å². The van der Waals surface area contributed by atoms with Crippen molar-refractivity contribution in [3.8, 4) is 0 Å². The number of carbonyl (C=O) groups is 3. The van der Waals surface area contributed by atoms with Crippen molar-refractivity contribution in [2.45, 2.75) is 316 Å². The van der Waals surface area contributed by atoms with E-state index in [9.17, 15) is 14.4 Å². The van der Waals surface area contributed by atoms with Crippen molar-refractivity contribution in [3.63, 3.8) is 0 Å². The first-order chi connectivity index (χ1) is 29.5. The lowest BCUT2D eigenvalue weighted by Gasteiger charge is -2.18. The van der Waals surface area contributed by atoms with E-state index in [4.69, 9.17) is 14.2 Å². The molecule has 6 nitrogen and oxygen atoms in total. The highest BCUT2D eigenvalue weighted by Gasteiger charge is 2.19. The summed E-state index contributed by atoms with van der Waals surface area (Å²) in [5.41, 5.74) is 0. The Morgan fingerprint density at radius 1 is 0.267 bits per heavy atom. The van der Waals surface area contributed by atoms with Crippen molar-refractivity contribution in [2.75, 3.05) is 13.2 Å². The van der Waals surface area contributed by atoms with Gasteiger partial charge in [-0.3, -0.25) is 14.4 Å². The molecule has 0 saturated carbocycles. The van der Waals surface area contributed by atoms with Crippen molar-refractivity contribution in [2.24, 2.45) is 0 Å². The van der Waals surface area contributed by atoms with Gasteiger partial charge in [0, 0.05) is 19.3 Å². The van der Waals surface area contributed by atoms with Crippen LogP contribution >= 0.6 is 0 Å². The molecule has 0 unspecified atom stereocenters. The summed E-state index contributed by atoms with van der Waals surface area (Å²) in [4.78, 5) is 38.0. The highest BCUT2D eigenvalue weighted by atomic mass is 16.6. The molecular weight excluding hydrogens is 745 g/mol. The van der Waals surface area contributed by atoms with Crippen molar-refractivity contribution in [3.05, 3.63) is 0 Å². The summed E-state index contributed by atoms with van der Waals surface area (Å²) in [5, 5.41) is 0. The number of esters is 3. The summed E-state index contributed by atoms with van der Waals surface area (Å²) in [7, 11) is 0. The van der Waals surface area contributed by atoms with E-state index in [2.05, 4.69) is 20.8 Å². The topological polar surface area (TPSA) is 78.9 Å². The van der Waals surface area contributed by atoms with Gasteiger partial charge in [0.2, 0.25) is 0 Å². The van der Waals surface area contributed by atoms with Crippen LogP contribution in [0.1, 0.15) is 310 Å². The monoisotopic (exact) mass is 849 g/mol. The van der Waals surface area contributed by atoms with Crippen LogP contribution in [0.2, 0.25) is 0 Å². The minimum atomic E-state index is -0.759. The fourth-order valence-electron chi connectivity index (χ4n) is 8.27. The lowest BCUT2D eigenvalue weighted by atomic mass is 10.0. The molecule has 0 aliphatic heterocycles. The van der Waals surface area contributed by atoms with E-state index in [1.54, 1.807) is 0 Å². The summed E-state index contributed by atoms with van der Waals surface area (Å²) >= 11 is 0. The van der Waals surface area contributed by atoms with E-state index in [1.807, 2.05) is 0 Å². The normalized spacial score (nSPS) is 11.8. The lowest BCUT2D eigenvalue weighted by molar-refractivity contribution is -0.167. The fraction of sp³-hybridized carbons (Fsp3) is 0.944. The van der Waals surface area contributed by atoms with Crippen molar-refractivity contribution in [1.29, 1.82) is 0 Å². The number of carbonyl (C=O) groups excluding carboxylic acids is 3. The highest BCUT2D eigenvalue weighted by molar-refractivity contribution is 5.71. The molecule has 0 fully saturated rings. The number of ether oxygens (including phenoxy) is 3. The maximum Gasteiger partial charge on any atom is 0.306 e. The van der Waals surface area contributed by atoms with Gasteiger partial charge >= 0.3 is 17.9 Å². The number of hydrogen-bond acceptors (Lipinski definition) is 6. The third-order valence-corrected chi connectivity index (χ3v) is 12.4. The summed E-state index contributed by atoms with van der Waals surface area (Å²) < 4.78 is 16.8. The van der Waals surface area contributed by atoms with Crippen LogP contribution in [0.5, 0.6) is 0 Å². The van der Waals surface area contributed by atoms with E-state index >= 15 is 0 Å². The molecule has 0 N–H and O–H groups in total. The molecule has 0 aromatic rings. The SMILES string of the molecule is CCCCCCCCCCCCCCCCCCCC(=O)OC[C@H](COC(=O)CCCCCCCCCCCCCCC)OC(=O)CCCCCCCCCCCCCC. The Balaban J connectivity index is 4.27. The Kier molecular flexibility index (Phi) is 48.7. The van der Waals surface area contributed by atoms with Gasteiger partial charge < -0.3 is 14.2 Å². The first-order valence-corrected chi connectivity index (χ1v) is 27.0. The Labute approximate surface area is 374 Å². The maximum absolute atomic E-state index is 12.8. The van der Waals surface area contributed by atoms with Gasteiger partial charge in [0.15, 0.2) is 6.10 Å². The molecule has 60 heavy (non-hydrogen) atoms. The van der Waals surface area contributed by atoms with Crippen LogP contribution in [0.3, 0.4) is 0 Å². The van der Waals surface area contributed by atoms with Crippen LogP contribution in [0, 0.1) is 0 Å². The number of rotatable bonds is 50. The van der Waals surface area contributed by atoms with Gasteiger partial charge in [0.25, 0.3) is 0 Å². The quantitative estimate of drug-likeness (QED) is 0.0345. The molecule has 0 spiro atoms. The van der Waals surface area contributed by atoms with Gasteiger partial charge in [-0.25, -0.2) is 0 Å². The molecule has 0 aliphatic carbocycles. The van der Waals surface area contributed by atoms with Gasteiger partial charge in [-0.15, -0.1) is 0 Å². The first kappa shape index (κ1) is 58.4. The minimum absolute atomic E-state index is 0.0615. The molecule has 1 atom stereocenters. The zero-order valence-electron chi connectivity index (χ0n) is 40.8. The second kappa shape index (κ2) is 50.1. The van der Waals surface area contributed by atoms with Crippen molar-refractivity contribution in [1.82, 2.24) is 0 Å². The summed E-state index contributed by atoms with van der Waals surface area (Å²) in [5.74, 6) is -0.838. The molecule has 0 heterocycles. The smallest absolute Gasteiger partial charge is 0.306 e. The molecule has 0 aromatic carbocycles. The standard InChI is InChI=1S/C54H104O6/c1-4-7-10-13-16-19-22-25-26-27-28-30-33-35-38-41-44-47-53(56)59-50-51(60-54(57)48-45-42-39-36-31-24-21-18-15-12-9-6-3)49-58-52(55)46-43-40-37-34-32-29-23-20-17-14-11-8-5-2/h51H,4-50H2,1-3H3/t51-/m0/s1. The summed E-state index contributed by atoms with van der Waals surface area (Å²) in [6, 6.07) is 0. The third kappa shape index (κ3) is 47.5. The average Bonchev–Trinajstić information content (AvgIpc) is 3.24. The molecule has 0 aromatic heterocycles. The van der Waals surface area contributed by atoms with E-state index in [0.29, 0.717) is 19.3 Å². The van der Waals surface area contributed by atoms with Crippen LogP contribution in [-0.4, -0.2) is 37.2 Å². The number of unbranched alkanes of at least 4 members (excludes halogenated alkanes) is 39.